The van der Waals surface area contributed by atoms with E-state index in [1.807, 2.05) is 36.4 Å². The first-order valence-corrected chi connectivity index (χ1v) is 21.5. The predicted octanol–water partition coefficient (Wildman–Crippen LogP) is 5.30. The quantitative estimate of drug-likeness (QED) is 0.0564. The molecule has 7 N–H and O–H groups in total. The highest BCUT2D eigenvalue weighted by Crippen LogP contribution is 2.37. The predicted molar refractivity (Wildman–Crippen MR) is 231 cm³/mol. The molecular formula is C44H60N6O8Si. The molecule has 15 heteroatoms. The highest BCUT2D eigenvalue weighted by atomic mass is 28.4. The summed E-state index contributed by atoms with van der Waals surface area (Å²) < 4.78 is 12.5. The van der Waals surface area contributed by atoms with E-state index in [4.69, 9.17) is 21.3 Å². The number of carboxylic acid groups (broad SMARTS) is 1. The summed E-state index contributed by atoms with van der Waals surface area (Å²) in [6.07, 6.45) is 3.92. The van der Waals surface area contributed by atoms with Crippen LogP contribution in [0.1, 0.15) is 79.4 Å². The fourth-order valence-corrected chi connectivity index (χ4v) is 11.2. The van der Waals surface area contributed by atoms with Crippen LogP contribution in [-0.2, 0) is 31.9 Å². The van der Waals surface area contributed by atoms with E-state index in [1.165, 1.54) is 0 Å². The van der Waals surface area contributed by atoms with Crippen LogP contribution in [0.2, 0.25) is 5.04 Å². The maximum atomic E-state index is 14.0. The zero-order chi connectivity index (χ0) is 44.0. The van der Waals surface area contributed by atoms with Crippen molar-refractivity contribution in [1.82, 2.24) is 20.9 Å². The lowest BCUT2D eigenvalue weighted by Crippen LogP contribution is -2.66. The zero-order valence-electron chi connectivity index (χ0n) is 35.4. The zero-order valence-corrected chi connectivity index (χ0v) is 36.4. The van der Waals surface area contributed by atoms with E-state index in [9.17, 15) is 29.1 Å². The first kappa shape index (κ1) is 47.5. The molecule has 3 aromatic rings. The van der Waals surface area contributed by atoms with Gasteiger partial charge < -0.3 is 41.3 Å². The molecule has 0 saturated heterocycles. The number of amides is 6. The fraction of sp³-hybridized carbons (Fsp3) is 0.432. The molecule has 318 valence electrons. The monoisotopic (exact) mass is 828 g/mol. The van der Waals surface area contributed by atoms with Gasteiger partial charge in [-0.05, 0) is 78.2 Å². The number of nitrogens with two attached hydrogens (primary N) is 1. The number of terminal acetylenes is 1. The van der Waals surface area contributed by atoms with Crippen molar-refractivity contribution in [2.75, 3.05) is 18.4 Å². The van der Waals surface area contributed by atoms with Crippen molar-refractivity contribution in [3.63, 3.8) is 0 Å². The van der Waals surface area contributed by atoms with Crippen LogP contribution in [0.25, 0.3) is 0 Å². The number of benzene rings is 3. The molecule has 0 radical (unpaired) electrons. The van der Waals surface area contributed by atoms with Crippen LogP contribution in [0.5, 0.6) is 0 Å². The van der Waals surface area contributed by atoms with Crippen LogP contribution in [0.4, 0.5) is 20.1 Å². The van der Waals surface area contributed by atoms with Crippen molar-refractivity contribution in [3.05, 3.63) is 90.0 Å². The molecule has 2 unspecified atom stereocenters. The lowest BCUT2D eigenvalue weighted by atomic mass is 10.0. The number of urea groups is 1. The number of rotatable bonds is 18. The molecule has 6 amide bonds. The summed E-state index contributed by atoms with van der Waals surface area (Å²) in [6, 6.07) is 22.5. The minimum Gasteiger partial charge on any atom is -0.465 e. The number of hydrogen-bond acceptors (Lipinski definition) is 7. The second-order valence-corrected chi connectivity index (χ2v) is 20.9. The van der Waals surface area contributed by atoms with Gasteiger partial charge in [0.1, 0.15) is 17.7 Å². The molecule has 0 aromatic heterocycles. The van der Waals surface area contributed by atoms with Crippen LogP contribution in [0.15, 0.2) is 78.9 Å². The van der Waals surface area contributed by atoms with Gasteiger partial charge in [0, 0.05) is 12.2 Å². The van der Waals surface area contributed by atoms with Gasteiger partial charge in [0.25, 0.3) is 8.32 Å². The van der Waals surface area contributed by atoms with Gasteiger partial charge in [0.05, 0.1) is 19.7 Å². The van der Waals surface area contributed by atoms with Crippen molar-refractivity contribution in [1.29, 1.82) is 0 Å². The van der Waals surface area contributed by atoms with Gasteiger partial charge in [-0.25, -0.2) is 14.4 Å². The maximum Gasteiger partial charge on any atom is 0.408 e. The van der Waals surface area contributed by atoms with E-state index < -0.39 is 56.0 Å². The average Bonchev–Trinajstić information content (AvgIpc) is 3.15. The summed E-state index contributed by atoms with van der Waals surface area (Å²) in [4.78, 5) is 65.0. The van der Waals surface area contributed by atoms with E-state index in [2.05, 4.69) is 72.2 Å². The Balaban J connectivity index is 2.02. The molecule has 3 rings (SSSR count). The SMILES string of the molecule is C#CCN(Cc1cc(NC(=O)C(CCCNC(N)=O)NC(=O)C(NC(=O)OC(C)(C)C)C(C)C)ccc1CO[Si](c1ccccc1)(c1ccccc1)C(C)(C)C)C(=O)O. The number of primary amides is 1. The Bertz CT molecular complexity index is 1900. The summed E-state index contributed by atoms with van der Waals surface area (Å²) in [5.74, 6) is 0.831. The number of anilines is 1. The third kappa shape index (κ3) is 13.9. The summed E-state index contributed by atoms with van der Waals surface area (Å²) in [6.45, 7) is 15.1. The van der Waals surface area contributed by atoms with Crippen molar-refractivity contribution >= 4 is 54.4 Å². The molecule has 59 heavy (non-hydrogen) atoms. The summed E-state index contributed by atoms with van der Waals surface area (Å²) >= 11 is 0. The van der Waals surface area contributed by atoms with Gasteiger partial charge in [-0.2, -0.15) is 0 Å². The molecule has 2 atom stereocenters. The fourth-order valence-electron chi connectivity index (χ4n) is 6.69. The summed E-state index contributed by atoms with van der Waals surface area (Å²) in [5, 5.41) is 22.6. The van der Waals surface area contributed by atoms with Crippen molar-refractivity contribution in [2.24, 2.45) is 11.7 Å². The Kier molecular flexibility index (Phi) is 17.1. The summed E-state index contributed by atoms with van der Waals surface area (Å²) in [5.41, 5.74) is 5.99. The molecule has 0 spiro atoms. The number of carbonyl (C=O) groups is 5. The molecule has 0 aliphatic carbocycles. The second-order valence-electron chi connectivity index (χ2n) is 16.6. The lowest BCUT2D eigenvalue weighted by Gasteiger charge is -2.43. The van der Waals surface area contributed by atoms with Crippen molar-refractivity contribution < 1.29 is 38.2 Å². The van der Waals surface area contributed by atoms with Crippen LogP contribution in [0.3, 0.4) is 0 Å². The summed E-state index contributed by atoms with van der Waals surface area (Å²) in [7, 11) is -3.01. The third-order valence-electron chi connectivity index (χ3n) is 9.47. The van der Waals surface area contributed by atoms with Gasteiger partial charge in [0.2, 0.25) is 11.8 Å². The number of alkyl carbamates (subject to hydrolysis) is 1. The molecule has 0 aliphatic heterocycles. The number of nitrogens with one attached hydrogen (secondary N) is 4. The Labute approximate surface area is 349 Å². The Morgan fingerprint density at radius 2 is 1.46 bits per heavy atom. The van der Waals surface area contributed by atoms with Crippen molar-refractivity contribution in [3.8, 4) is 12.3 Å². The Hall–Kier alpha value is -5.85. The minimum absolute atomic E-state index is 0.0985. The molecular weight excluding hydrogens is 769 g/mol. The van der Waals surface area contributed by atoms with Gasteiger partial charge in [0.15, 0.2) is 0 Å². The number of nitrogens with zero attached hydrogens (tertiary/aromatic N) is 1. The van der Waals surface area contributed by atoms with Crippen LogP contribution in [0, 0.1) is 18.3 Å². The average molecular weight is 829 g/mol. The molecule has 14 nitrogen and oxygen atoms in total. The largest absolute Gasteiger partial charge is 0.465 e. The second kappa shape index (κ2) is 21.2. The molecule has 0 aliphatic rings. The Morgan fingerprint density at radius 1 is 0.864 bits per heavy atom. The molecule has 3 aromatic carbocycles. The standard InChI is InChI=1S/C44H60N6O8Si/c1-10-26-50(42(55)56)28-32-27-33(24-23-31(32)29-57-59(44(7,8)9,34-18-13-11-14-19-34)35-20-15-12-16-21-35)47-38(51)36(22-17-25-46-40(45)53)48-39(52)37(30(2)3)49-41(54)58-43(4,5)6/h1,11-16,18-21,23-24,27,30,36-37H,17,22,25-26,28-29H2,2-9H3,(H,47,51)(H,48,52)(H,49,54)(H,55,56)(H3,45,46,53). The van der Waals surface area contributed by atoms with Gasteiger partial charge in [-0.3, -0.25) is 14.5 Å². The molecule has 0 fully saturated rings. The van der Waals surface area contributed by atoms with Gasteiger partial charge in [-0.1, -0.05) is 107 Å². The number of ether oxygens (including phenoxy) is 1. The van der Waals surface area contributed by atoms with Crippen molar-refractivity contribution in [2.45, 2.75) is 104 Å². The number of hydrogen-bond donors (Lipinski definition) is 6. The third-order valence-corrected chi connectivity index (χ3v) is 14.5. The van der Waals surface area contributed by atoms with Crippen LogP contribution < -0.4 is 37.4 Å². The van der Waals surface area contributed by atoms with Crippen LogP contribution >= 0.6 is 0 Å². The normalized spacial score (nSPS) is 12.7. The molecule has 0 heterocycles. The van der Waals surface area contributed by atoms with E-state index >= 15 is 0 Å². The Morgan fingerprint density at radius 3 is 1.95 bits per heavy atom. The minimum atomic E-state index is -3.01. The number of carbonyl (C=O) groups excluding carboxylic acids is 4. The smallest absolute Gasteiger partial charge is 0.408 e. The highest BCUT2D eigenvalue weighted by molar-refractivity contribution is 6.99. The topological polar surface area (TPSA) is 201 Å². The highest BCUT2D eigenvalue weighted by Gasteiger charge is 2.50. The van der Waals surface area contributed by atoms with E-state index in [0.717, 1.165) is 15.3 Å². The van der Waals surface area contributed by atoms with E-state index in [1.54, 1.807) is 52.8 Å². The molecule has 0 bridgehead atoms. The van der Waals surface area contributed by atoms with Gasteiger partial charge >= 0.3 is 18.2 Å². The van der Waals surface area contributed by atoms with Crippen LogP contribution in [-0.4, -0.2) is 79.1 Å². The first-order valence-electron chi connectivity index (χ1n) is 19.6. The molecule has 0 saturated carbocycles. The van der Waals surface area contributed by atoms with Gasteiger partial charge in [-0.15, -0.1) is 6.42 Å². The first-order chi connectivity index (χ1) is 27.7. The lowest BCUT2D eigenvalue weighted by molar-refractivity contribution is -0.128. The van der Waals surface area contributed by atoms with E-state index in [-0.39, 0.29) is 50.0 Å². The maximum absolute atomic E-state index is 14.0. The van der Waals surface area contributed by atoms with E-state index in [0.29, 0.717) is 16.8 Å².